The number of hydrogen-bond donors (Lipinski definition) is 3. The van der Waals surface area contributed by atoms with Crippen molar-refractivity contribution >= 4 is 33.6 Å². The quantitative estimate of drug-likeness (QED) is 0.643. The highest BCUT2D eigenvalue weighted by molar-refractivity contribution is 7.89. The first-order chi connectivity index (χ1) is 12.5. The summed E-state index contributed by atoms with van der Waals surface area (Å²) in [5.41, 5.74) is 1.14. The number of aromatic carboxylic acids is 1. The smallest absolute Gasteiger partial charge is 0.335 e. The van der Waals surface area contributed by atoms with Gasteiger partial charge in [0.05, 0.1) is 22.9 Å². The van der Waals surface area contributed by atoms with Crippen LogP contribution in [0.25, 0.3) is 0 Å². The first-order valence-electron chi connectivity index (χ1n) is 7.85. The van der Waals surface area contributed by atoms with Gasteiger partial charge in [-0.15, -0.1) is 0 Å². The lowest BCUT2D eigenvalue weighted by Gasteiger charge is -2.19. The highest BCUT2D eigenvalue weighted by Gasteiger charge is 2.26. The molecule has 0 saturated carbocycles. The summed E-state index contributed by atoms with van der Waals surface area (Å²) in [7, 11) is -4.18. The number of carboxylic acids is 2. The molecule has 3 N–H and O–H groups in total. The number of halogens is 1. The summed E-state index contributed by atoms with van der Waals surface area (Å²) in [5.74, 6) is -2.45. The zero-order chi connectivity index (χ0) is 20.4. The van der Waals surface area contributed by atoms with Crippen molar-refractivity contribution in [3.63, 3.8) is 0 Å². The molecule has 0 heterocycles. The van der Waals surface area contributed by atoms with Crippen molar-refractivity contribution in [2.24, 2.45) is 0 Å². The van der Waals surface area contributed by atoms with Crippen LogP contribution in [0, 0.1) is 13.8 Å². The van der Waals surface area contributed by atoms with Crippen LogP contribution in [-0.2, 0) is 14.8 Å². The van der Waals surface area contributed by atoms with E-state index in [1.807, 2.05) is 0 Å². The second kappa shape index (κ2) is 8.08. The number of carboxylic acid groups (broad SMARTS) is 2. The van der Waals surface area contributed by atoms with Crippen LogP contribution in [0.15, 0.2) is 41.3 Å². The molecule has 0 fully saturated rings. The van der Waals surface area contributed by atoms with Gasteiger partial charge in [0, 0.05) is 5.02 Å². The summed E-state index contributed by atoms with van der Waals surface area (Å²) in [4.78, 5) is 22.3. The molecule has 0 amide bonds. The fourth-order valence-electron chi connectivity index (χ4n) is 2.58. The van der Waals surface area contributed by atoms with Crippen molar-refractivity contribution in [1.82, 2.24) is 4.72 Å². The number of aryl methyl sites for hydroxylation is 1. The van der Waals surface area contributed by atoms with E-state index >= 15 is 0 Å². The lowest BCUT2D eigenvalue weighted by Crippen LogP contribution is -2.31. The Morgan fingerprint density at radius 3 is 2.22 bits per heavy atom. The average Bonchev–Trinajstić information content (AvgIpc) is 2.56. The minimum absolute atomic E-state index is 0.167. The normalized spacial score (nSPS) is 12.6. The van der Waals surface area contributed by atoms with Crippen LogP contribution in [0.4, 0.5) is 0 Å². The molecule has 0 radical (unpaired) electrons. The topological polar surface area (TPSA) is 121 Å². The van der Waals surface area contributed by atoms with Crippen molar-refractivity contribution in [3.8, 4) is 0 Å². The molecular formula is C18H18ClNO6S. The number of hydrogen-bond acceptors (Lipinski definition) is 4. The third-order valence-corrected chi connectivity index (χ3v) is 5.95. The Balaban J connectivity index is 2.49. The number of nitrogens with one attached hydrogen (secondary N) is 1. The molecule has 1 atom stereocenters. The lowest BCUT2D eigenvalue weighted by molar-refractivity contribution is -0.137. The number of rotatable bonds is 7. The van der Waals surface area contributed by atoms with E-state index in [9.17, 15) is 23.1 Å². The number of carbonyl (C=O) groups is 2. The number of aliphatic carboxylic acids is 1. The minimum Gasteiger partial charge on any atom is -0.481 e. The second-order valence-electron chi connectivity index (χ2n) is 6.04. The molecule has 144 valence electrons. The van der Waals surface area contributed by atoms with Crippen molar-refractivity contribution in [1.29, 1.82) is 0 Å². The predicted molar refractivity (Wildman–Crippen MR) is 99.6 cm³/mol. The van der Waals surface area contributed by atoms with Crippen molar-refractivity contribution in [2.75, 3.05) is 0 Å². The summed E-state index contributed by atoms with van der Waals surface area (Å²) in [5, 5.41) is 18.8. The van der Waals surface area contributed by atoms with Crippen LogP contribution in [0.2, 0.25) is 5.02 Å². The van der Waals surface area contributed by atoms with Crippen molar-refractivity contribution < 1.29 is 28.2 Å². The van der Waals surface area contributed by atoms with Gasteiger partial charge in [0.15, 0.2) is 0 Å². The first kappa shape index (κ1) is 20.9. The molecule has 27 heavy (non-hydrogen) atoms. The molecule has 0 spiro atoms. The van der Waals surface area contributed by atoms with E-state index in [0.29, 0.717) is 21.7 Å². The van der Waals surface area contributed by atoms with Gasteiger partial charge in [0.1, 0.15) is 0 Å². The summed E-state index contributed by atoms with van der Waals surface area (Å²) in [6.45, 7) is 3.17. The van der Waals surface area contributed by atoms with Gasteiger partial charge < -0.3 is 10.2 Å². The molecule has 2 aromatic rings. The minimum atomic E-state index is -4.18. The van der Waals surface area contributed by atoms with Crippen LogP contribution in [0.1, 0.15) is 39.5 Å². The van der Waals surface area contributed by atoms with E-state index in [-0.39, 0.29) is 10.5 Å². The third-order valence-electron chi connectivity index (χ3n) is 4.10. The Kier molecular flexibility index (Phi) is 6.25. The number of sulfonamides is 1. The van der Waals surface area contributed by atoms with Crippen LogP contribution >= 0.6 is 11.6 Å². The fraction of sp³-hybridized carbons (Fsp3) is 0.222. The molecule has 0 bridgehead atoms. The lowest BCUT2D eigenvalue weighted by atomic mass is 10.1. The molecule has 0 aliphatic carbocycles. The van der Waals surface area contributed by atoms with E-state index in [1.54, 1.807) is 13.8 Å². The van der Waals surface area contributed by atoms with E-state index < -0.39 is 34.4 Å². The Hall–Kier alpha value is -2.42. The van der Waals surface area contributed by atoms with Gasteiger partial charge in [-0.25, -0.2) is 17.9 Å². The van der Waals surface area contributed by atoms with Gasteiger partial charge in [-0.05, 0) is 54.8 Å². The summed E-state index contributed by atoms with van der Waals surface area (Å²) in [6, 6.07) is 7.52. The van der Waals surface area contributed by atoms with Crippen molar-refractivity contribution in [2.45, 2.75) is 31.2 Å². The zero-order valence-electron chi connectivity index (χ0n) is 14.6. The van der Waals surface area contributed by atoms with Gasteiger partial charge in [0.25, 0.3) is 0 Å². The zero-order valence-corrected chi connectivity index (χ0v) is 16.1. The maximum Gasteiger partial charge on any atom is 0.335 e. The Morgan fingerprint density at radius 1 is 1.11 bits per heavy atom. The largest absolute Gasteiger partial charge is 0.481 e. The molecule has 9 heteroatoms. The summed E-state index contributed by atoms with van der Waals surface area (Å²) < 4.78 is 28.1. The molecule has 2 aromatic carbocycles. The molecule has 1 unspecified atom stereocenters. The van der Waals surface area contributed by atoms with Gasteiger partial charge in [0.2, 0.25) is 10.0 Å². The monoisotopic (exact) mass is 411 g/mol. The Labute approximate surface area is 161 Å². The van der Waals surface area contributed by atoms with Crippen LogP contribution in [0.5, 0.6) is 0 Å². The maximum atomic E-state index is 12.9. The molecule has 0 aliphatic heterocycles. The van der Waals surface area contributed by atoms with Gasteiger partial charge in [-0.2, -0.15) is 0 Å². The highest BCUT2D eigenvalue weighted by atomic mass is 35.5. The molecule has 0 saturated heterocycles. The molecular weight excluding hydrogens is 394 g/mol. The van der Waals surface area contributed by atoms with E-state index in [1.165, 1.54) is 30.3 Å². The van der Waals surface area contributed by atoms with E-state index in [0.717, 1.165) is 6.07 Å². The molecule has 2 rings (SSSR count). The van der Waals surface area contributed by atoms with E-state index in [2.05, 4.69) is 4.72 Å². The Bertz CT molecular complexity index is 986. The summed E-state index contributed by atoms with van der Waals surface area (Å²) >= 11 is 5.83. The molecule has 7 nitrogen and oxygen atoms in total. The maximum absolute atomic E-state index is 12.9. The highest BCUT2D eigenvalue weighted by Crippen LogP contribution is 2.26. The van der Waals surface area contributed by atoms with Gasteiger partial charge >= 0.3 is 11.9 Å². The average molecular weight is 412 g/mol. The van der Waals surface area contributed by atoms with Gasteiger partial charge in [-0.3, -0.25) is 4.79 Å². The second-order valence-corrected chi connectivity index (χ2v) is 8.16. The standard InChI is InChI=1S/C18H18ClNO6S/c1-10-7-13(18(23)24)8-16(11(10)2)27(25,26)20-15(9-17(21)22)12-3-5-14(19)6-4-12/h3-8,15,20H,9H2,1-2H3,(H,21,22)(H,23,24). The summed E-state index contributed by atoms with van der Waals surface area (Å²) in [6.07, 6.45) is -0.489. The van der Waals surface area contributed by atoms with Crippen LogP contribution < -0.4 is 4.72 Å². The molecule has 0 aliphatic rings. The van der Waals surface area contributed by atoms with Crippen LogP contribution in [0.3, 0.4) is 0 Å². The van der Waals surface area contributed by atoms with Gasteiger partial charge in [-0.1, -0.05) is 23.7 Å². The van der Waals surface area contributed by atoms with E-state index in [4.69, 9.17) is 16.7 Å². The fourth-order valence-corrected chi connectivity index (χ4v) is 4.27. The number of benzene rings is 2. The Morgan fingerprint density at radius 2 is 1.70 bits per heavy atom. The first-order valence-corrected chi connectivity index (χ1v) is 9.71. The molecule has 0 aromatic heterocycles. The van der Waals surface area contributed by atoms with Crippen molar-refractivity contribution in [3.05, 3.63) is 63.7 Å². The SMILES string of the molecule is Cc1cc(C(=O)O)cc(S(=O)(=O)NC(CC(=O)O)c2ccc(Cl)cc2)c1C. The predicted octanol–water partition coefficient (Wildman–Crippen LogP) is 3.15. The van der Waals surface area contributed by atoms with Crippen LogP contribution in [-0.4, -0.2) is 30.6 Å². The third kappa shape index (κ3) is 5.06.